The third-order valence-electron chi connectivity index (χ3n) is 4.01. The number of carbonyl (C=O) groups is 1. The molecule has 3 rings (SSSR count). The zero-order valence-corrected chi connectivity index (χ0v) is 14.8. The van der Waals surface area contributed by atoms with Gasteiger partial charge in [-0.25, -0.2) is 0 Å². The van der Waals surface area contributed by atoms with Gasteiger partial charge in [-0.05, 0) is 49.2 Å². The Labute approximate surface area is 153 Å². The number of rotatable bonds is 8. The zero-order chi connectivity index (χ0) is 18.2. The van der Waals surface area contributed by atoms with Crippen LogP contribution in [-0.4, -0.2) is 38.9 Å². The summed E-state index contributed by atoms with van der Waals surface area (Å²) in [5, 5.41) is 2.80. The third kappa shape index (κ3) is 5.39. The fourth-order valence-corrected chi connectivity index (χ4v) is 2.65. The lowest BCUT2D eigenvalue weighted by molar-refractivity contribution is -0.118. The van der Waals surface area contributed by atoms with E-state index in [2.05, 4.69) is 5.32 Å². The van der Waals surface area contributed by atoms with Gasteiger partial charge in [0.1, 0.15) is 23.9 Å². The average molecular weight is 357 g/mol. The first kappa shape index (κ1) is 18.1. The van der Waals surface area contributed by atoms with E-state index in [9.17, 15) is 4.79 Å². The molecule has 0 bridgehead atoms. The summed E-state index contributed by atoms with van der Waals surface area (Å²) in [6.45, 7) is 1.25. The topological polar surface area (TPSA) is 66.0 Å². The summed E-state index contributed by atoms with van der Waals surface area (Å²) in [7, 11) is 1.60. The van der Waals surface area contributed by atoms with Gasteiger partial charge < -0.3 is 24.3 Å². The second-order valence-corrected chi connectivity index (χ2v) is 5.99. The van der Waals surface area contributed by atoms with Crippen molar-refractivity contribution < 1.29 is 23.7 Å². The maximum Gasteiger partial charge on any atom is 0.262 e. The molecule has 0 saturated carbocycles. The third-order valence-corrected chi connectivity index (χ3v) is 4.01. The minimum Gasteiger partial charge on any atom is -0.497 e. The maximum absolute atomic E-state index is 12.1. The number of hydrogen-bond acceptors (Lipinski definition) is 5. The molecule has 2 aromatic carbocycles. The van der Waals surface area contributed by atoms with Crippen molar-refractivity contribution in [2.24, 2.45) is 0 Å². The van der Waals surface area contributed by atoms with E-state index in [0.29, 0.717) is 23.8 Å². The number of nitrogens with one attached hydrogen (secondary N) is 1. The fraction of sp³-hybridized carbons (Fsp3) is 0.350. The molecule has 1 heterocycles. The molecular formula is C20H23NO5. The van der Waals surface area contributed by atoms with E-state index in [1.54, 1.807) is 37.4 Å². The largest absolute Gasteiger partial charge is 0.497 e. The van der Waals surface area contributed by atoms with E-state index in [1.165, 1.54) is 0 Å². The smallest absolute Gasteiger partial charge is 0.262 e. The van der Waals surface area contributed by atoms with Crippen molar-refractivity contribution in [1.82, 2.24) is 0 Å². The van der Waals surface area contributed by atoms with E-state index >= 15 is 0 Å². The van der Waals surface area contributed by atoms with Crippen LogP contribution in [0.4, 0.5) is 5.69 Å². The number of carbonyl (C=O) groups excluding carboxylic acids is 1. The molecule has 1 aliphatic heterocycles. The lowest BCUT2D eigenvalue weighted by Crippen LogP contribution is -2.20. The van der Waals surface area contributed by atoms with Crippen molar-refractivity contribution in [1.29, 1.82) is 0 Å². The van der Waals surface area contributed by atoms with E-state index in [-0.39, 0.29) is 18.6 Å². The fourth-order valence-electron chi connectivity index (χ4n) is 2.65. The van der Waals surface area contributed by atoms with Crippen molar-refractivity contribution in [3.05, 3.63) is 48.5 Å². The minimum absolute atomic E-state index is 0.0761. The van der Waals surface area contributed by atoms with Crippen LogP contribution in [0.5, 0.6) is 17.2 Å². The quantitative estimate of drug-likeness (QED) is 0.785. The van der Waals surface area contributed by atoms with E-state index in [1.807, 2.05) is 18.2 Å². The maximum atomic E-state index is 12.1. The lowest BCUT2D eigenvalue weighted by Gasteiger charge is -2.13. The van der Waals surface area contributed by atoms with Crippen LogP contribution in [0.2, 0.25) is 0 Å². The molecule has 138 valence electrons. The van der Waals surface area contributed by atoms with Crippen LogP contribution >= 0.6 is 0 Å². The number of ether oxygens (including phenoxy) is 4. The van der Waals surface area contributed by atoms with Gasteiger partial charge in [0, 0.05) is 18.4 Å². The number of methoxy groups -OCH3 is 1. The molecule has 6 nitrogen and oxygen atoms in total. The van der Waals surface area contributed by atoms with Gasteiger partial charge in [0.15, 0.2) is 6.61 Å². The molecule has 1 fully saturated rings. The van der Waals surface area contributed by atoms with Gasteiger partial charge in [-0.2, -0.15) is 0 Å². The molecule has 0 spiro atoms. The summed E-state index contributed by atoms with van der Waals surface area (Å²) in [4.78, 5) is 12.1. The Hall–Kier alpha value is -2.73. The van der Waals surface area contributed by atoms with Crippen molar-refractivity contribution in [2.75, 3.05) is 32.2 Å². The van der Waals surface area contributed by atoms with Gasteiger partial charge in [-0.15, -0.1) is 0 Å². The summed E-state index contributed by atoms with van der Waals surface area (Å²) in [5.74, 6) is 1.81. The number of hydrogen-bond donors (Lipinski definition) is 1. The predicted molar refractivity (Wildman–Crippen MR) is 98.0 cm³/mol. The molecule has 1 atom stereocenters. The molecule has 1 unspecified atom stereocenters. The molecule has 26 heavy (non-hydrogen) atoms. The second kappa shape index (κ2) is 9.10. The first-order valence-corrected chi connectivity index (χ1v) is 8.64. The van der Waals surface area contributed by atoms with E-state index < -0.39 is 0 Å². The van der Waals surface area contributed by atoms with Crippen molar-refractivity contribution >= 4 is 11.6 Å². The van der Waals surface area contributed by atoms with Crippen LogP contribution < -0.4 is 19.5 Å². The highest BCUT2D eigenvalue weighted by atomic mass is 16.5. The average Bonchev–Trinajstić information content (AvgIpc) is 3.19. The summed E-state index contributed by atoms with van der Waals surface area (Å²) >= 11 is 0. The highest BCUT2D eigenvalue weighted by molar-refractivity contribution is 5.92. The molecule has 6 heteroatoms. The molecule has 0 radical (unpaired) electrons. The Balaban J connectivity index is 1.46. The summed E-state index contributed by atoms with van der Waals surface area (Å²) in [6.07, 6.45) is 2.27. The van der Waals surface area contributed by atoms with Gasteiger partial charge >= 0.3 is 0 Å². The summed E-state index contributed by atoms with van der Waals surface area (Å²) in [6, 6.07) is 14.4. The van der Waals surface area contributed by atoms with Gasteiger partial charge in [0.2, 0.25) is 0 Å². The van der Waals surface area contributed by atoms with E-state index in [4.69, 9.17) is 18.9 Å². The van der Waals surface area contributed by atoms with Crippen LogP contribution in [0.3, 0.4) is 0 Å². The van der Waals surface area contributed by atoms with Crippen LogP contribution in [0.15, 0.2) is 48.5 Å². The Kier molecular flexibility index (Phi) is 6.33. The standard InChI is InChI=1S/C20H23NO5/c1-23-16-7-9-17(10-8-16)26-14-20(22)21-15-4-2-5-18(12-15)25-13-19-6-3-11-24-19/h2,4-5,7-10,12,19H,3,6,11,13-14H2,1H3,(H,21,22). The first-order chi connectivity index (χ1) is 12.7. The molecule has 1 N–H and O–H groups in total. The van der Waals surface area contributed by atoms with Crippen molar-refractivity contribution in [3.63, 3.8) is 0 Å². The Morgan fingerprint density at radius 2 is 1.92 bits per heavy atom. The molecule has 1 saturated heterocycles. The number of anilines is 1. The van der Waals surface area contributed by atoms with Crippen LogP contribution in [0.25, 0.3) is 0 Å². The Morgan fingerprint density at radius 1 is 1.12 bits per heavy atom. The Morgan fingerprint density at radius 3 is 2.65 bits per heavy atom. The van der Waals surface area contributed by atoms with E-state index in [0.717, 1.165) is 25.2 Å². The number of amides is 1. The SMILES string of the molecule is COc1ccc(OCC(=O)Nc2cccc(OCC3CCCO3)c2)cc1. The number of benzene rings is 2. The molecule has 1 aliphatic rings. The second-order valence-electron chi connectivity index (χ2n) is 5.99. The molecule has 0 aromatic heterocycles. The first-order valence-electron chi connectivity index (χ1n) is 8.64. The van der Waals surface area contributed by atoms with Crippen molar-refractivity contribution in [2.45, 2.75) is 18.9 Å². The predicted octanol–water partition coefficient (Wildman–Crippen LogP) is 3.27. The van der Waals surface area contributed by atoms with Crippen LogP contribution in [0.1, 0.15) is 12.8 Å². The van der Waals surface area contributed by atoms with Gasteiger partial charge in [0.25, 0.3) is 5.91 Å². The molecule has 0 aliphatic carbocycles. The minimum atomic E-state index is -0.239. The molecule has 2 aromatic rings. The molecule has 1 amide bonds. The zero-order valence-electron chi connectivity index (χ0n) is 14.8. The summed E-state index contributed by atoms with van der Waals surface area (Å²) in [5.41, 5.74) is 0.665. The highest BCUT2D eigenvalue weighted by Gasteiger charge is 2.16. The van der Waals surface area contributed by atoms with Crippen LogP contribution in [0, 0.1) is 0 Å². The monoisotopic (exact) mass is 357 g/mol. The van der Waals surface area contributed by atoms with Gasteiger partial charge in [0.05, 0.1) is 13.2 Å². The normalized spacial score (nSPS) is 16.1. The van der Waals surface area contributed by atoms with Gasteiger partial charge in [-0.3, -0.25) is 4.79 Å². The van der Waals surface area contributed by atoms with Crippen molar-refractivity contribution in [3.8, 4) is 17.2 Å². The summed E-state index contributed by atoms with van der Waals surface area (Å²) < 4.78 is 21.8. The highest BCUT2D eigenvalue weighted by Crippen LogP contribution is 2.20. The lowest BCUT2D eigenvalue weighted by atomic mass is 10.2. The Bertz CT molecular complexity index is 710. The van der Waals surface area contributed by atoms with Gasteiger partial charge in [-0.1, -0.05) is 6.07 Å². The van der Waals surface area contributed by atoms with Crippen LogP contribution in [-0.2, 0) is 9.53 Å². The molecular weight excluding hydrogens is 334 g/mol.